The first-order chi connectivity index (χ1) is 15.0. The molecule has 1 heterocycles. The zero-order chi connectivity index (χ0) is 23.3. The molecule has 8 heteroatoms. The Bertz CT molecular complexity index is 978. The second-order valence-electron chi connectivity index (χ2n) is 9.80. The summed E-state index contributed by atoms with van der Waals surface area (Å²) in [5, 5.41) is 1.99. The van der Waals surface area contributed by atoms with Gasteiger partial charge in [-0.2, -0.15) is 13.2 Å². The first-order valence-corrected chi connectivity index (χ1v) is 11.0. The molecule has 1 saturated carbocycles. The molecule has 1 aromatic rings. The van der Waals surface area contributed by atoms with Crippen molar-refractivity contribution in [1.82, 2.24) is 10.2 Å². The van der Waals surface area contributed by atoms with E-state index in [2.05, 4.69) is 0 Å². The molecule has 4 rings (SSSR count). The van der Waals surface area contributed by atoms with E-state index in [9.17, 15) is 27.6 Å². The van der Waals surface area contributed by atoms with Gasteiger partial charge in [-0.3, -0.25) is 14.4 Å². The summed E-state index contributed by atoms with van der Waals surface area (Å²) in [6, 6.07) is 7.03. The molecule has 2 amide bonds. The Morgan fingerprint density at radius 2 is 1.66 bits per heavy atom. The fraction of sp³-hybridized carbons (Fsp3) is 0.542. The highest BCUT2D eigenvalue weighted by Crippen LogP contribution is 2.53. The first kappa shape index (κ1) is 22.6. The minimum absolute atomic E-state index is 0.00854. The van der Waals surface area contributed by atoms with E-state index in [1.807, 2.05) is 19.2 Å². The average Bonchev–Trinajstić information content (AvgIpc) is 2.97. The van der Waals surface area contributed by atoms with Crippen LogP contribution in [0, 0.1) is 5.41 Å². The summed E-state index contributed by atoms with van der Waals surface area (Å²) in [5.74, 6) is -3.02. The lowest BCUT2D eigenvalue weighted by Gasteiger charge is -2.37. The van der Waals surface area contributed by atoms with E-state index in [1.165, 1.54) is 29.2 Å². The molecule has 172 valence electrons. The lowest BCUT2D eigenvalue weighted by molar-refractivity contribution is -0.191. The summed E-state index contributed by atoms with van der Waals surface area (Å²) in [7, 11) is 0. The predicted molar refractivity (Wildman–Crippen MR) is 111 cm³/mol. The van der Waals surface area contributed by atoms with Crippen LogP contribution in [0.1, 0.15) is 69.2 Å². The molecule has 0 bridgehead atoms. The monoisotopic (exact) mass is 448 g/mol. The highest BCUT2D eigenvalue weighted by Gasteiger charge is 2.72. The van der Waals surface area contributed by atoms with Crippen LogP contribution >= 0.6 is 0 Å². The zero-order valence-electron chi connectivity index (χ0n) is 18.2. The number of carbonyl (C=O) groups excluding carboxylic acids is 3. The van der Waals surface area contributed by atoms with Crippen molar-refractivity contribution in [2.45, 2.75) is 76.6 Å². The van der Waals surface area contributed by atoms with E-state index in [0.717, 1.165) is 19.3 Å². The number of nitrogens with one attached hydrogen (secondary N) is 1. The first-order valence-electron chi connectivity index (χ1n) is 11.0. The highest BCUT2D eigenvalue weighted by molar-refractivity contribution is 6.14. The van der Waals surface area contributed by atoms with Gasteiger partial charge in [0.05, 0.1) is 5.57 Å². The Morgan fingerprint density at radius 3 is 2.25 bits per heavy atom. The molecule has 0 saturated heterocycles. The maximum absolute atomic E-state index is 14.8. The van der Waals surface area contributed by atoms with Gasteiger partial charge in [-0.15, -0.1) is 0 Å². The van der Waals surface area contributed by atoms with Gasteiger partial charge in [0.25, 0.3) is 11.8 Å². The third-order valence-corrected chi connectivity index (χ3v) is 6.76. The number of ketones is 1. The standard InChI is InChI=1S/C24H27F3N2O3/c1-22(2)13-17-19(18(30)14-22)23(24(25,26)27,28-20(31)15-9-5-3-6-10-15)21(32)29(17)16-11-7-4-8-12-16/h3,5-6,9-10,16H,4,7-8,11-14H2,1-2H3,(H,28,31)/t23-/m1/s1. The van der Waals surface area contributed by atoms with Gasteiger partial charge in [0, 0.05) is 23.7 Å². The van der Waals surface area contributed by atoms with Crippen molar-refractivity contribution < 1.29 is 27.6 Å². The minimum atomic E-state index is -5.17. The molecular formula is C24H27F3N2O3. The number of carbonyl (C=O) groups is 3. The second-order valence-corrected chi connectivity index (χ2v) is 9.80. The number of alkyl halides is 3. The van der Waals surface area contributed by atoms with Crippen molar-refractivity contribution in [2.24, 2.45) is 5.41 Å². The summed E-state index contributed by atoms with van der Waals surface area (Å²) in [4.78, 5) is 40.9. The average molecular weight is 448 g/mol. The number of hydrogen-bond acceptors (Lipinski definition) is 3. The van der Waals surface area contributed by atoms with Crippen LogP contribution in [0.4, 0.5) is 13.2 Å². The Kier molecular flexibility index (Phi) is 5.46. The minimum Gasteiger partial charge on any atom is -0.326 e. The molecule has 32 heavy (non-hydrogen) atoms. The lowest BCUT2D eigenvalue weighted by atomic mass is 9.72. The van der Waals surface area contributed by atoms with Gasteiger partial charge in [-0.05, 0) is 36.8 Å². The van der Waals surface area contributed by atoms with E-state index in [4.69, 9.17) is 0 Å². The normalized spacial score (nSPS) is 26.3. The molecule has 1 N–H and O–H groups in total. The molecule has 0 radical (unpaired) electrons. The number of allylic oxidation sites excluding steroid dienone is 1. The summed E-state index contributed by atoms with van der Waals surface area (Å²) >= 11 is 0. The Balaban J connectivity index is 1.88. The Labute approximate surface area is 185 Å². The highest BCUT2D eigenvalue weighted by atomic mass is 19.4. The molecule has 1 fully saturated rings. The van der Waals surface area contributed by atoms with Gasteiger partial charge in [-0.25, -0.2) is 0 Å². The second kappa shape index (κ2) is 7.74. The van der Waals surface area contributed by atoms with Crippen LogP contribution in [0.5, 0.6) is 0 Å². The Morgan fingerprint density at radius 1 is 1.03 bits per heavy atom. The quantitative estimate of drug-likeness (QED) is 0.739. The fourth-order valence-electron chi connectivity index (χ4n) is 5.34. The maximum atomic E-state index is 14.8. The molecule has 0 spiro atoms. The maximum Gasteiger partial charge on any atom is 0.425 e. The van der Waals surface area contributed by atoms with Crippen LogP contribution in [0.25, 0.3) is 0 Å². The SMILES string of the molecule is CC1(C)CC(=O)C2=C(C1)N(C1CCCCC1)C(=O)[C@@]2(NC(=O)c1ccccc1)C(F)(F)F. The summed E-state index contributed by atoms with van der Waals surface area (Å²) in [6.45, 7) is 3.63. The predicted octanol–water partition coefficient (Wildman–Crippen LogP) is 4.54. The third kappa shape index (κ3) is 3.53. The van der Waals surface area contributed by atoms with Crippen molar-refractivity contribution in [3.63, 3.8) is 0 Å². The van der Waals surface area contributed by atoms with Gasteiger partial charge < -0.3 is 10.2 Å². The van der Waals surface area contributed by atoms with Crippen LogP contribution in [0.15, 0.2) is 41.6 Å². The van der Waals surface area contributed by atoms with Crippen molar-refractivity contribution in [3.8, 4) is 0 Å². The summed E-state index contributed by atoms with van der Waals surface area (Å²) < 4.78 is 44.3. The largest absolute Gasteiger partial charge is 0.425 e. The number of rotatable bonds is 3. The molecule has 1 atom stereocenters. The number of nitrogens with zero attached hydrogens (tertiary/aromatic N) is 1. The van der Waals surface area contributed by atoms with E-state index in [1.54, 1.807) is 6.07 Å². The summed E-state index contributed by atoms with van der Waals surface area (Å²) in [6.07, 6.45) is -1.37. The van der Waals surface area contributed by atoms with Crippen molar-refractivity contribution in [3.05, 3.63) is 47.2 Å². The van der Waals surface area contributed by atoms with Crippen molar-refractivity contribution in [1.29, 1.82) is 0 Å². The number of Topliss-reactive ketones (excluding diaryl/α,β-unsaturated/α-hetero) is 1. The smallest absolute Gasteiger partial charge is 0.326 e. The van der Waals surface area contributed by atoms with E-state index >= 15 is 0 Å². The van der Waals surface area contributed by atoms with Crippen LogP contribution in [0.2, 0.25) is 0 Å². The van der Waals surface area contributed by atoms with Crippen LogP contribution in [-0.4, -0.2) is 40.3 Å². The van der Waals surface area contributed by atoms with Gasteiger partial charge in [0.1, 0.15) is 0 Å². The van der Waals surface area contributed by atoms with Gasteiger partial charge >= 0.3 is 6.18 Å². The van der Waals surface area contributed by atoms with Crippen molar-refractivity contribution in [2.75, 3.05) is 0 Å². The van der Waals surface area contributed by atoms with E-state index in [-0.39, 0.29) is 24.1 Å². The number of halogens is 3. The molecule has 2 aliphatic carbocycles. The van der Waals surface area contributed by atoms with Crippen molar-refractivity contribution >= 4 is 17.6 Å². The van der Waals surface area contributed by atoms with Crippen LogP contribution in [-0.2, 0) is 9.59 Å². The van der Waals surface area contributed by atoms with Crippen LogP contribution in [0.3, 0.4) is 0 Å². The number of amides is 2. The summed E-state index contributed by atoms with van der Waals surface area (Å²) in [5.41, 5.74) is -4.40. The third-order valence-electron chi connectivity index (χ3n) is 6.76. The topological polar surface area (TPSA) is 66.5 Å². The Hall–Kier alpha value is -2.64. The van der Waals surface area contributed by atoms with E-state index < -0.39 is 46.3 Å². The lowest BCUT2D eigenvalue weighted by Crippen LogP contribution is -2.66. The van der Waals surface area contributed by atoms with Gasteiger partial charge in [0.15, 0.2) is 5.78 Å². The van der Waals surface area contributed by atoms with Gasteiger partial charge in [-0.1, -0.05) is 51.3 Å². The molecule has 1 aromatic carbocycles. The zero-order valence-corrected chi connectivity index (χ0v) is 18.2. The molecule has 0 aromatic heterocycles. The van der Waals surface area contributed by atoms with Crippen LogP contribution < -0.4 is 5.32 Å². The molecule has 0 unspecified atom stereocenters. The molecule has 5 nitrogen and oxygen atoms in total. The number of hydrogen-bond donors (Lipinski definition) is 1. The van der Waals surface area contributed by atoms with Gasteiger partial charge in [0.2, 0.25) is 5.54 Å². The number of benzene rings is 1. The molecule has 1 aliphatic heterocycles. The van der Waals surface area contributed by atoms with E-state index in [0.29, 0.717) is 12.8 Å². The fourth-order valence-corrected chi connectivity index (χ4v) is 5.34. The molecular weight excluding hydrogens is 421 g/mol. The molecule has 3 aliphatic rings.